The van der Waals surface area contributed by atoms with E-state index in [2.05, 4.69) is 70.7 Å². The molecular formula is C43H65N3O6. The van der Waals surface area contributed by atoms with E-state index in [1.54, 1.807) is 26.2 Å². The minimum Gasteiger partial charge on any atom is -0.481 e. The maximum atomic E-state index is 14.0. The van der Waals surface area contributed by atoms with E-state index in [0.29, 0.717) is 24.8 Å². The fourth-order valence-corrected chi connectivity index (χ4v) is 13.0. The minimum atomic E-state index is -1.17. The van der Waals surface area contributed by atoms with Crippen LogP contribution in [0.5, 0.6) is 0 Å². The Hall–Kier alpha value is -2.65. The summed E-state index contributed by atoms with van der Waals surface area (Å²) in [5, 5.41) is 25.4. The van der Waals surface area contributed by atoms with Crippen LogP contribution in [0.3, 0.4) is 0 Å². The van der Waals surface area contributed by atoms with Gasteiger partial charge in [-0.25, -0.2) is 9.97 Å². The SMILES string of the molecule is CC(C)C1=C2[C@H]3CC[C@@H]4[C@@]5(C)CC[C@H](OC(=O)CC(C)(C)C(=O)O)C(C)(C)[C@@H]5CC[C@@]4(C)[C@]3(C)CC[C@@]2([C@@H](O)CN[C@@H](C)c2cncnc2)CC1=O. The molecule has 1 aromatic heterocycles. The highest BCUT2D eigenvalue weighted by Gasteiger charge is 2.70. The van der Waals surface area contributed by atoms with Gasteiger partial charge < -0.3 is 20.3 Å². The molecule has 6 rings (SSSR count). The molecule has 0 bridgehead atoms. The number of nitrogens with one attached hydrogen (secondary N) is 1. The third-order valence-electron chi connectivity index (χ3n) is 16.2. The molecule has 0 spiro atoms. The molecule has 3 N–H and O–H groups in total. The summed E-state index contributed by atoms with van der Waals surface area (Å²) in [5.41, 5.74) is 1.35. The zero-order valence-corrected chi connectivity index (χ0v) is 33.5. The molecule has 10 atom stereocenters. The number of hydrogen-bond acceptors (Lipinski definition) is 8. The number of nitrogens with zero attached hydrogens (tertiary/aromatic N) is 2. The number of hydrogen-bond donors (Lipinski definition) is 3. The van der Waals surface area contributed by atoms with E-state index in [4.69, 9.17) is 4.74 Å². The van der Waals surface area contributed by atoms with Crippen LogP contribution in [0.25, 0.3) is 0 Å². The van der Waals surface area contributed by atoms with Crippen molar-refractivity contribution in [2.24, 2.45) is 56.2 Å². The second-order valence-corrected chi connectivity index (χ2v) is 19.9. The molecule has 0 aromatic carbocycles. The number of rotatable bonds is 10. The lowest BCUT2D eigenvalue weighted by Gasteiger charge is -2.72. The van der Waals surface area contributed by atoms with Crippen molar-refractivity contribution in [3.05, 3.63) is 35.4 Å². The van der Waals surface area contributed by atoms with Gasteiger partial charge in [0.1, 0.15) is 12.4 Å². The molecule has 1 heterocycles. The molecule has 52 heavy (non-hydrogen) atoms. The number of carboxylic acid groups (broad SMARTS) is 1. The van der Waals surface area contributed by atoms with Gasteiger partial charge in [0.15, 0.2) is 5.78 Å². The number of carbonyl (C=O) groups excluding carboxylic acids is 2. The lowest BCUT2D eigenvalue weighted by Crippen LogP contribution is -2.66. The van der Waals surface area contributed by atoms with E-state index in [1.165, 1.54) is 11.9 Å². The maximum absolute atomic E-state index is 14.0. The number of fused-ring (bicyclic) bond motifs is 7. The summed E-state index contributed by atoms with van der Waals surface area (Å²) in [7, 11) is 0. The van der Waals surface area contributed by atoms with E-state index in [1.807, 2.05) is 0 Å². The first-order chi connectivity index (χ1) is 24.2. The van der Waals surface area contributed by atoms with Gasteiger partial charge in [-0.05, 0) is 118 Å². The van der Waals surface area contributed by atoms with E-state index in [-0.39, 0.29) is 57.8 Å². The summed E-state index contributed by atoms with van der Waals surface area (Å²) in [6.07, 6.45) is 12.2. The van der Waals surface area contributed by atoms with Crippen LogP contribution >= 0.6 is 0 Å². The molecule has 4 saturated carbocycles. The maximum Gasteiger partial charge on any atom is 0.309 e. The second-order valence-electron chi connectivity index (χ2n) is 19.9. The van der Waals surface area contributed by atoms with Crippen LogP contribution in [0, 0.1) is 56.2 Å². The number of esters is 1. The summed E-state index contributed by atoms with van der Waals surface area (Å²) in [5.74, 6) is -0.00154. The number of aliphatic hydroxyl groups is 1. The molecule has 5 aliphatic rings. The van der Waals surface area contributed by atoms with Gasteiger partial charge in [0, 0.05) is 47.8 Å². The van der Waals surface area contributed by atoms with Gasteiger partial charge in [-0.3, -0.25) is 14.4 Å². The number of aromatic nitrogens is 2. The normalized spacial score (nSPS) is 38.1. The van der Waals surface area contributed by atoms with E-state index >= 15 is 0 Å². The molecule has 0 saturated heterocycles. The highest BCUT2D eigenvalue weighted by atomic mass is 16.5. The molecule has 0 radical (unpaired) electrons. The van der Waals surface area contributed by atoms with Crippen molar-refractivity contribution in [1.29, 1.82) is 0 Å². The Morgan fingerprint density at radius 3 is 2.25 bits per heavy atom. The summed E-state index contributed by atoms with van der Waals surface area (Å²) in [6, 6.07) is -0.0278. The van der Waals surface area contributed by atoms with Gasteiger partial charge in [0.05, 0.1) is 17.9 Å². The molecule has 0 amide bonds. The lowest BCUT2D eigenvalue weighted by molar-refractivity contribution is -0.235. The van der Waals surface area contributed by atoms with Gasteiger partial charge >= 0.3 is 11.9 Å². The van der Waals surface area contributed by atoms with E-state index < -0.39 is 28.9 Å². The molecular weight excluding hydrogens is 654 g/mol. The number of aliphatic carboxylic acids is 1. The molecule has 288 valence electrons. The average molecular weight is 720 g/mol. The van der Waals surface area contributed by atoms with Crippen molar-refractivity contribution in [2.45, 2.75) is 152 Å². The fraction of sp³-hybridized carbons (Fsp3) is 0.791. The predicted octanol–water partition coefficient (Wildman–Crippen LogP) is 7.88. The van der Waals surface area contributed by atoms with Crippen molar-refractivity contribution in [1.82, 2.24) is 15.3 Å². The van der Waals surface area contributed by atoms with E-state index in [9.17, 15) is 24.6 Å². The summed E-state index contributed by atoms with van der Waals surface area (Å²) < 4.78 is 6.16. The monoisotopic (exact) mass is 719 g/mol. The Kier molecular flexibility index (Phi) is 9.97. The summed E-state index contributed by atoms with van der Waals surface area (Å²) >= 11 is 0. The van der Waals surface area contributed by atoms with E-state index in [0.717, 1.165) is 62.5 Å². The standard InChI is InChI=1S/C43H65N3O6/c1-25(2)35-29(47)19-43(32(48)23-46-26(3)27-21-44-24-45-22-27)18-17-41(9)28(36(35)43)11-12-31-40(8)15-14-33(52-34(49)20-38(4,5)37(50)51)39(6,7)30(40)13-16-42(31,41)10/h21-22,24-26,28,30-33,46,48H,11-20,23H2,1-10H3,(H,50,51)/t26-,28+,30-,31+,32-,33-,40-,41+,42+,43-/m0/s1. The third-order valence-corrected chi connectivity index (χ3v) is 16.2. The molecule has 0 aliphatic heterocycles. The topological polar surface area (TPSA) is 139 Å². The smallest absolute Gasteiger partial charge is 0.309 e. The molecule has 5 aliphatic carbocycles. The average Bonchev–Trinajstić information content (AvgIpc) is 3.38. The summed E-state index contributed by atoms with van der Waals surface area (Å²) in [6.45, 7) is 22.1. The highest BCUT2D eigenvalue weighted by molar-refractivity contribution is 6.00. The van der Waals surface area contributed by atoms with Crippen LogP contribution in [-0.2, 0) is 19.1 Å². The van der Waals surface area contributed by atoms with Crippen LogP contribution in [0.4, 0.5) is 0 Å². The van der Waals surface area contributed by atoms with Crippen molar-refractivity contribution in [3.8, 4) is 0 Å². The molecule has 1 aromatic rings. The first-order valence-electron chi connectivity index (χ1n) is 20.0. The first-order valence-corrected chi connectivity index (χ1v) is 20.0. The lowest BCUT2D eigenvalue weighted by atomic mass is 9.33. The Labute approximate surface area is 311 Å². The zero-order valence-electron chi connectivity index (χ0n) is 33.5. The largest absolute Gasteiger partial charge is 0.481 e. The number of ether oxygens (including phenoxy) is 1. The zero-order chi connectivity index (χ0) is 38.2. The molecule has 4 fully saturated rings. The number of Topliss-reactive ketones (excluding diaryl/α,β-unsaturated/α-hetero) is 1. The summed E-state index contributed by atoms with van der Waals surface area (Å²) in [4.78, 5) is 47.2. The number of ketones is 1. The Morgan fingerprint density at radius 2 is 1.62 bits per heavy atom. The van der Waals surface area contributed by atoms with Crippen LogP contribution in [0.15, 0.2) is 29.9 Å². The molecule has 9 nitrogen and oxygen atoms in total. The first kappa shape index (κ1) is 39.1. The number of carbonyl (C=O) groups is 3. The molecule has 9 heteroatoms. The Morgan fingerprint density at radius 1 is 0.942 bits per heavy atom. The third kappa shape index (κ3) is 5.90. The van der Waals surface area contributed by atoms with Crippen LogP contribution in [0.2, 0.25) is 0 Å². The Balaban J connectivity index is 1.27. The van der Waals surface area contributed by atoms with Crippen molar-refractivity contribution in [2.75, 3.05) is 6.54 Å². The van der Waals surface area contributed by atoms with Gasteiger partial charge in [-0.2, -0.15) is 0 Å². The number of allylic oxidation sites excluding steroid dienone is 1. The quantitative estimate of drug-likeness (QED) is 0.206. The highest BCUT2D eigenvalue weighted by Crippen LogP contribution is 2.77. The van der Waals surface area contributed by atoms with Crippen molar-refractivity contribution < 1.29 is 29.3 Å². The van der Waals surface area contributed by atoms with Gasteiger partial charge in [-0.1, -0.05) is 54.0 Å². The van der Waals surface area contributed by atoms with Gasteiger partial charge in [0.25, 0.3) is 0 Å². The van der Waals surface area contributed by atoms with Crippen LogP contribution in [-0.4, -0.2) is 56.7 Å². The predicted molar refractivity (Wildman–Crippen MR) is 200 cm³/mol. The second kappa shape index (κ2) is 13.3. The van der Waals surface area contributed by atoms with Crippen LogP contribution < -0.4 is 5.32 Å². The Bertz CT molecular complexity index is 1600. The number of aliphatic hydroxyl groups excluding tert-OH is 1. The minimum absolute atomic E-state index is 0.0226. The van der Waals surface area contributed by atoms with Crippen molar-refractivity contribution >= 4 is 17.7 Å². The number of carboxylic acids is 1. The van der Waals surface area contributed by atoms with Gasteiger partial charge in [0.2, 0.25) is 0 Å². The van der Waals surface area contributed by atoms with Crippen LogP contribution in [0.1, 0.15) is 145 Å². The van der Waals surface area contributed by atoms with Gasteiger partial charge in [-0.15, -0.1) is 0 Å². The van der Waals surface area contributed by atoms with Crippen molar-refractivity contribution in [3.63, 3.8) is 0 Å². The fourth-order valence-electron chi connectivity index (χ4n) is 13.0. The molecule has 0 unspecified atom stereocenters.